The van der Waals surface area contributed by atoms with Crippen molar-refractivity contribution in [2.45, 2.75) is 120 Å². The lowest BCUT2D eigenvalue weighted by molar-refractivity contribution is -0.317. The van der Waals surface area contributed by atoms with Crippen LogP contribution in [-0.4, -0.2) is 92.4 Å². The highest BCUT2D eigenvalue weighted by molar-refractivity contribution is 5.85. The Bertz CT molecular complexity index is 1050. The van der Waals surface area contributed by atoms with Crippen LogP contribution in [0.15, 0.2) is 11.6 Å². The fraction of sp³-hybridized carbons (Fsp3) is 0.862. The van der Waals surface area contributed by atoms with Gasteiger partial charge in [0.1, 0.15) is 31.2 Å². The van der Waals surface area contributed by atoms with Gasteiger partial charge in [-0.1, -0.05) is 6.92 Å². The van der Waals surface area contributed by atoms with Gasteiger partial charge in [-0.05, 0) is 81.6 Å². The summed E-state index contributed by atoms with van der Waals surface area (Å²) in [7, 11) is 0. The first-order chi connectivity index (χ1) is 18.4. The molecule has 0 aromatic carbocycles. The smallest absolute Gasteiger partial charge is 0.331 e. The summed E-state index contributed by atoms with van der Waals surface area (Å²) in [6, 6.07) is 0. The van der Waals surface area contributed by atoms with Gasteiger partial charge in [0.25, 0.3) is 0 Å². The third kappa shape index (κ3) is 3.78. The first-order valence-corrected chi connectivity index (χ1v) is 14.5. The van der Waals surface area contributed by atoms with Gasteiger partial charge < -0.3 is 44.5 Å². The predicted octanol–water partition coefficient (Wildman–Crippen LogP) is 0.750. The monoisotopic (exact) mass is 550 g/mol. The fourth-order valence-corrected chi connectivity index (χ4v) is 9.75. The number of ether oxygens (including phenoxy) is 3. The van der Waals surface area contributed by atoms with Gasteiger partial charge >= 0.3 is 5.97 Å². The highest BCUT2D eigenvalue weighted by atomic mass is 16.7. The van der Waals surface area contributed by atoms with Crippen molar-refractivity contribution in [3.63, 3.8) is 0 Å². The molecule has 0 unspecified atom stereocenters. The van der Waals surface area contributed by atoms with Crippen LogP contribution in [-0.2, 0) is 23.8 Å². The Balaban J connectivity index is 1.22. The highest BCUT2D eigenvalue weighted by Gasteiger charge is 2.71. The standard InChI is InChI=1S/C29H42O10/c1-15-22(32)23(33)24(34)25(38-15)39-17-3-8-27(14-30)19-4-7-26(2)18(16-11-21(31)37-13-16)6-10-29(26,36)20(19)5-9-28(27,35)12-17/h11,14-15,17-20,22-25,32-36H,3-10,12-13H2,1-2H3/t15-,17+,18-,19+,20+,22+,23-,24-,25+,26-,27+,28+,29+/m1/s1. The lowest BCUT2D eigenvalue weighted by atomic mass is 9.41. The van der Waals surface area contributed by atoms with E-state index in [-0.39, 0.29) is 36.8 Å². The van der Waals surface area contributed by atoms with Crippen LogP contribution in [0.4, 0.5) is 0 Å². The summed E-state index contributed by atoms with van der Waals surface area (Å²) >= 11 is 0. The Kier molecular flexibility index (Phi) is 6.62. The van der Waals surface area contributed by atoms with Crippen molar-refractivity contribution < 1.29 is 49.3 Å². The largest absolute Gasteiger partial charge is 0.458 e. The zero-order valence-electron chi connectivity index (χ0n) is 22.7. The first-order valence-electron chi connectivity index (χ1n) is 14.5. The van der Waals surface area contributed by atoms with Crippen LogP contribution in [0.25, 0.3) is 0 Å². The summed E-state index contributed by atoms with van der Waals surface area (Å²) in [6.07, 6.45) is 0.689. The third-order valence-electron chi connectivity index (χ3n) is 12.0. The summed E-state index contributed by atoms with van der Waals surface area (Å²) in [5.41, 5.74) is -2.86. The number of esters is 1. The number of aldehydes is 1. The molecule has 6 rings (SSSR count). The van der Waals surface area contributed by atoms with Crippen molar-refractivity contribution in [2.75, 3.05) is 6.61 Å². The molecular formula is C29H42O10. The van der Waals surface area contributed by atoms with Crippen molar-refractivity contribution in [1.82, 2.24) is 0 Å². The van der Waals surface area contributed by atoms with Gasteiger partial charge in [-0.2, -0.15) is 0 Å². The Labute approximate surface area is 228 Å². The maximum Gasteiger partial charge on any atom is 0.331 e. The second-order valence-electron chi connectivity index (χ2n) is 13.4. The number of hydrogen-bond acceptors (Lipinski definition) is 10. The molecule has 0 amide bonds. The molecule has 13 atom stereocenters. The zero-order chi connectivity index (χ0) is 28.0. The maximum atomic E-state index is 13.0. The third-order valence-corrected chi connectivity index (χ3v) is 12.0. The van der Waals surface area contributed by atoms with Crippen LogP contribution in [0.3, 0.4) is 0 Å². The lowest BCUT2D eigenvalue weighted by Crippen LogP contribution is -2.69. The Morgan fingerprint density at radius 1 is 0.974 bits per heavy atom. The lowest BCUT2D eigenvalue weighted by Gasteiger charge is -2.65. The number of aliphatic hydroxyl groups excluding tert-OH is 3. The molecule has 0 spiro atoms. The second-order valence-corrected chi connectivity index (χ2v) is 13.4. The molecule has 4 aliphatic carbocycles. The molecule has 10 nitrogen and oxygen atoms in total. The number of cyclic esters (lactones) is 1. The number of carbonyl (C=O) groups excluding carboxylic acids is 2. The summed E-state index contributed by atoms with van der Waals surface area (Å²) < 4.78 is 16.9. The Hall–Kier alpha value is -1.40. The summed E-state index contributed by atoms with van der Waals surface area (Å²) in [6.45, 7) is 3.98. The quantitative estimate of drug-likeness (QED) is 0.192. The van der Waals surface area contributed by atoms with Crippen LogP contribution in [0.5, 0.6) is 0 Å². The summed E-state index contributed by atoms with van der Waals surface area (Å²) in [5, 5.41) is 55.0. The van der Waals surface area contributed by atoms with E-state index in [4.69, 9.17) is 14.2 Å². The minimum atomic E-state index is -1.43. The van der Waals surface area contributed by atoms with Crippen molar-refractivity contribution in [3.8, 4) is 0 Å². The fourth-order valence-electron chi connectivity index (χ4n) is 9.75. The molecule has 218 valence electrons. The Morgan fingerprint density at radius 3 is 2.41 bits per heavy atom. The van der Waals surface area contributed by atoms with E-state index in [0.29, 0.717) is 44.9 Å². The van der Waals surface area contributed by atoms with Crippen molar-refractivity contribution in [2.24, 2.45) is 28.6 Å². The maximum absolute atomic E-state index is 13.0. The molecule has 0 aromatic heterocycles. The summed E-state index contributed by atoms with van der Waals surface area (Å²) in [4.78, 5) is 24.8. The van der Waals surface area contributed by atoms with E-state index in [0.717, 1.165) is 18.3 Å². The molecule has 6 aliphatic rings. The number of carbonyl (C=O) groups is 2. The van der Waals surface area contributed by atoms with E-state index in [1.807, 2.05) is 0 Å². The molecule has 0 radical (unpaired) electrons. The van der Waals surface area contributed by atoms with Crippen LogP contribution < -0.4 is 0 Å². The van der Waals surface area contributed by atoms with E-state index in [1.54, 1.807) is 13.0 Å². The van der Waals surface area contributed by atoms with Gasteiger partial charge in [0.05, 0.1) is 28.8 Å². The Morgan fingerprint density at radius 2 is 1.72 bits per heavy atom. The average Bonchev–Trinajstić information content (AvgIpc) is 3.45. The van der Waals surface area contributed by atoms with Crippen molar-refractivity contribution >= 4 is 12.3 Å². The minimum absolute atomic E-state index is 0.0465. The van der Waals surface area contributed by atoms with Gasteiger partial charge in [0.2, 0.25) is 0 Å². The number of fused-ring (bicyclic) bond motifs is 5. The van der Waals surface area contributed by atoms with Gasteiger partial charge in [-0.15, -0.1) is 0 Å². The minimum Gasteiger partial charge on any atom is -0.458 e. The second kappa shape index (κ2) is 9.31. The van der Waals surface area contributed by atoms with Gasteiger partial charge in [0.15, 0.2) is 6.29 Å². The highest BCUT2D eigenvalue weighted by Crippen LogP contribution is 2.70. The van der Waals surface area contributed by atoms with Crippen LogP contribution in [0.2, 0.25) is 0 Å². The average molecular weight is 551 g/mol. The predicted molar refractivity (Wildman–Crippen MR) is 135 cm³/mol. The zero-order valence-corrected chi connectivity index (χ0v) is 22.7. The molecule has 0 bridgehead atoms. The molecule has 5 N–H and O–H groups in total. The van der Waals surface area contributed by atoms with Gasteiger partial charge in [-0.3, -0.25) is 0 Å². The van der Waals surface area contributed by atoms with E-state index < -0.39 is 58.8 Å². The topological polar surface area (TPSA) is 163 Å². The van der Waals surface area contributed by atoms with Crippen molar-refractivity contribution in [1.29, 1.82) is 0 Å². The normalized spacial score (nSPS) is 55.2. The molecule has 5 fully saturated rings. The van der Waals surface area contributed by atoms with E-state index in [1.165, 1.54) is 0 Å². The van der Waals surface area contributed by atoms with Gasteiger partial charge in [0, 0.05) is 17.9 Å². The molecular weight excluding hydrogens is 508 g/mol. The number of aliphatic hydroxyl groups is 5. The van der Waals surface area contributed by atoms with E-state index in [9.17, 15) is 35.1 Å². The molecule has 2 aliphatic heterocycles. The van der Waals surface area contributed by atoms with E-state index in [2.05, 4.69) is 6.92 Å². The number of rotatable bonds is 4. The number of hydrogen-bond donors (Lipinski definition) is 5. The SMILES string of the molecule is C[C@H]1O[C@@H](O[C@H]2CC[C@]3(C=O)[C@H]4CC[C@]5(C)[C@@H](C6=CC(=O)OC6)CC[C@]5(O)[C@H]4CC[C@]3(O)C2)[C@H](O)[C@H](O)[C@H]1O. The molecule has 4 saturated carbocycles. The van der Waals surface area contributed by atoms with Gasteiger partial charge in [-0.25, -0.2) is 4.79 Å². The molecule has 1 saturated heterocycles. The van der Waals surface area contributed by atoms with Crippen molar-refractivity contribution in [3.05, 3.63) is 11.6 Å². The first kappa shape index (κ1) is 27.8. The molecule has 0 aromatic rings. The van der Waals surface area contributed by atoms with Crippen LogP contribution in [0.1, 0.15) is 71.6 Å². The van der Waals surface area contributed by atoms with Crippen LogP contribution in [0, 0.1) is 28.6 Å². The molecule has 10 heteroatoms. The summed E-state index contributed by atoms with van der Waals surface area (Å²) in [5.74, 6) is -0.616. The molecule has 2 heterocycles. The van der Waals surface area contributed by atoms with Crippen LogP contribution >= 0.6 is 0 Å². The van der Waals surface area contributed by atoms with E-state index >= 15 is 0 Å². The molecule has 39 heavy (non-hydrogen) atoms.